The van der Waals surface area contributed by atoms with E-state index in [1.54, 1.807) is 0 Å². The van der Waals surface area contributed by atoms with Crippen LogP contribution < -0.4 is 10.6 Å². The van der Waals surface area contributed by atoms with E-state index >= 15 is 0 Å². The van der Waals surface area contributed by atoms with Gasteiger partial charge in [0.2, 0.25) is 5.91 Å². The molecule has 0 aromatic heterocycles. The van der Waals surface area contributed by atoms with E-state index in [1.165, 1.54) is 4.90 Å². The number of aliphatic carboxylic acids is 1. The third-order valence-electron chi connectivity index (χ3n) is 4.39. The number of nitrogens with one attached hydrogen (secondary N) is 2. The lowest BCUT2D eigenvalue weighted by Gasteiger charge is -2.36. The first-order chi connectivity index (χ1) is 9.99. The molecule has 2 rings (SSSR count). The van der Waals surface area contributed by atoms with Crippen LogP contribution in [0, 0.1) is 0 Å². The quantitative estimate of drug-likeness (QED) is 0.711. The first-order valence-corrected chi connectivity index (χ1v) is 7.58. The molecule has 7 nitrogen and oxygen atoms in total. The van der Waals surface area contributed by atoms with E-state index in [-0.39, 0.29) is 18.0 Å². The minimum Gasteiger partial charge on any atom is -0.479 e. The van der Waals surface area contributed by atoms with Crippen molar-refractivity contribution in [2.24, 2.45) is 0 Å². The molecule has 3 N–H and O–H groups in total. The van der Waals surface area contributed by atoms with E-state index in [4.69, 9.17) is 0 Å². The van der Waals surface area contributed by atoms with Crippen molar-refractivity contribution in [2.75, 3.05) is 13.1 Å². The number of likely N-dealkylation sites (tertiary alicyclic amines) is 1. The molecule has 2 unspecified atom stereocenters. The number of nitrogens with zero attached hydrogens (tertiary/aromatic N) is 1. The van der Waals surface area contributed by atoms with Crippen LogP contribution in [0.1, 0.15) is 45.4 Å². The highest BCUT2D eigenvalue weighted by Crippen LogP contribution is 2.34. The van der Waals surface area contributed by atoms with Gasteiger partial charge in [0.15, 0.2) is 0 Å². The highest BCUT2D eigenvalue weighted by Gasteiger charge is 2.49. The summed E-state index contributed by atoms with van der Waals surface area (Å²) in [5, 5.41) is 15.1. The Labute approximate surface area is 124 Å². The van der Waals surface area contributed by atoms with Gasteiger partial charge in [-0.05, 0) is 25.7 Å². The Morgan fingerprint density at radius 1 is 1.52 bits per heavy atom. The SMILES string of the molecule is CCCC1(C(=O)O)CCCN1C(=O)NC1CCC(=O)NC1. The predicted molar refractivity (Wildman–Crippen MR) is 75.8 cm³/mol. The number of urea groups is 1. The number of carboxylic acids is 1. The maximum absolute atomic E-state index is 12.4. The molecule has 2 saturated heterocycles. The van der Waals surface area contributed by atoms with Gasteiger partial charge in [-0.3, -0.25) is 4.79 Å². The number of piperidine rings is 1. The second-order valence-corrected chi connectivity index (χ2v) is 5.83. The van der Waals surface area contributed by atoms with Gasteiger partial charge in [0.25, 0.3) is 0 Å². The molecule has 0 aliphatic carbocycles. The average Bonchev–Trinajstić information content (AvgIpc) is 2.87. The molecule has 0 saturated carbocycles. The molecule has 21 heavy (non-hydrogen) atoms. The molecule has 7 heteroatoms. The normalized spacial score (nSPS) is 29.1. The van der Waals surface area contributed by atoms with E-state index in [0.717, 1.165) is 6.42 Å². The summed E-state index contributed by atoms with van der Waals surface area (Å²) in [6.07, 6.45) is 3.39. The van der Waals surface area contributed by atoms with Crippen molar-refractivity contribution in [1.82, 2.24) is 15.5 Å². The van der Waals surface area contributed by atoms with Crippen LogP contribution in [0.5, 0.6) is 0 Å². The van der Waals surface area contributed by atoms with Gasteiger partial charge in [0, 0.05) is 25.6 Å². The molecule has 3 amide bonds. The van der Waals surface area contributed by atoms with Crippen LogP contribution in [0.4, 0.5) is 4.79 Å². The predicted octanol–water partition coefficient (Wildman–Crippen LogP) is 0.694. The van der Waals surface area contributed by atoms with Crippen molar-refractivity contribution in [3.05, 3.63) is 0 Å². The zero-order valence-electron chi connectivity index (χ0n) is 12.4. The van der Waals surface area contributed by atoms with Crippen LogP contribution in [-0.2, 0) is 9.59 Å². The fourth-order valence-corrected chi connectivity index (χ4v) is 3.29. The number of rotatable bonds is 4. The van der Waals surface area contributed by atoms with Crippen LogP contribution >= 0.6 is 0 Å². The molecule has 2 aliphatic rings. The van der Waals surface area contributed by atoms with Crippen molar-refractivity contribution in [2.45, 2.75) is 57.0 Å². The lowest BCUT2D eigenvalue weighted by molar-refractivity contribution is -0.148. The van der Waals surface area contributed by atoms with Crippen LogP contribution in [0.25, 0.3) is 0 Å². The molecular weight excluding hydrogens is 274 g/mol. The molecule has 2 heterocycles. The molecule has 0 bridgehead atoms. The maximum atomic E-state index is 12.4. The Hall–Kier alpha value is -1.79. The zero-order valence-corrected chi connectivity index (χ0v) is 12.4. The molecular formula is C14H23N3O4. The number of hydrogen-bond acceptors (Lipinski definition) is 3. The van der Waals surface area contributed by atoms with Crippen LogP contribution in [0.3, 0.4) is 0 Å². The molecule has 2 atom stereocenters. The number of carbonyl (C=O) groups excluding carboxylic acids is 2. The summed E-state index contributed by atoms with van der Waals surface area (Å²) in [5.41, 5.74) is -1.07. The highest BCUT2D eigenvalue weighted by molar-refractivity contribution is 5.87. The van der Waals surface area contributed by atoms with Crippen molar-refractivity contribution in [3.8, 4) is 0 Å². The maximum Gasteiger partial charge on any atom is 0.329 e. The van der Waals surface area contributed by atoms with Gasteiger partial charge in [0.1, 0.15) is 5.54 Å². The van der Waals surface area contributed by atoms with Gasteiger partial charge in [-0.15, -0.1) is 0 Å². The minimum atomic E-state index is -1.07. The fraction of sp³-hybridized carbons (Fsp3) is 0.786. The average molecular weight is 297 g/mol. The first-order valence-electron chi connectivity index (χ1n) is 7.58. The lowest BCUT2D eigenvalue weighted by Crippen LogP contribution is -2.59. The van der Waals surface area contributed by atoms with Gasteiger partial charge in [-0.25, -0.2) is 9.59 Å². The smallest absolute Gasteiger partial charge is 0.329 e. The summed E-state index contributed by atoms with van der Waals surface area (Å²) in [5.74, 6) is -0.929. The largest absolute Gasteiger partial charge is 0.479 e. The monoisotopic (exact) mass is 297 g/mol. The Bertz CT molecular complexity index is 430. The number of amides is 3. The van der Waals surface area contributed by atoms with Gasteiger partial charge < -0.3 is 20.6 Å². The molecule has 118 valence electrons. The Kier molecular flexibility index (Phi) is 4.69. The lowest BCUT2D eigenvalue weighted by atomic mass is 9.91. The van der Waals surface area contributed by atoms with Gasteiger partial charge in [-0.2, -0.15) is 0 Å². The molecule has 0 spiro atoms. The van der Waals surface area contributed by atoms with Crippen LogP contribution in [-0.4, -0.2) is 52.6 Å². The standard InChI is InChI=1S/C14H23N3O4/c1-2-6-14(12(19)20)7-3-8-17(14)13(21)16-10-4-5-11(18)15-9-10/h10H,2-9H2,1H3,(H,15,18)(H,16,21)(H,19,20). The molecule has 2 fully saturated rings. The molecule has 0 aromatic carbocycles. The van der Waals surface area contributed by atoms with Crippen LogP contribution in [0.15, 0.2) is 0 Å². The Balaban J connectivity index is 2.03. The molecule has 0 aromatic rings. The van der Waals surface area contributed by atoms with Gasteiger partial charge >= 0.3 is 12.0 Å². The van der Waals surface area contributed by atoms with E-state index in [2.05, 4.69) is 10.6 Å². The summed E-state index contributed by atoms with van der Waals surface area (Å²) in [6, 6.07) is -0.451. The fourth-order valence-electron chi connectivity index (χ4n) is 3.29. The van der Waals surface area contributed by atoms with Crippen molar-refractivity contribution in [3.63, 3.8) is 0 Å². The summed E-state index contributed by atoms with van der Waals surface area (Å²) in [6.45, 7) is 2.80. The van der Waals surface area contributed by atoms with E-state index < -0.39 is 11.5 Å². The van der Waals surface area contributed by atoms with Crippen molar-refractivity contribution < 1.29 is 19.5 Å². The summed E-state index contributed by atoms with van der Waals surface area (Å²) < 4.78 is 0. The highest BCUT2D eigenvalue weighted by atomic mass is 16.4. The summed E-state index contributed by atoms with van der Waals surface area (Å²) >= 11 is 0. The number of hydrogen-bond donors (Lipinski definition) is 3. The van der Waals surface area contributed by atoms with E-state index in [9.17, 15) is 19.5 Å². The molecule has 0 radical (unpaired) electrons. The Morgan fingerprint density at radius 3 is 2.86 bits per heavy atom. The molecule has 2 aliphatic heterocycles. The second kappa shape index (κ2) is 6.32. The number of carbonyl (C=O) groups is 3. The zero-order chi connectivity index (χ0) is 15.5. The first kappa shape index (κ1) is 15.6. The summed E-state index contributed by atoms with van der Waals surface area (Å²) in [7, 11) is 0. The third kappa shape index (κ3) is 3.11. The minimum absolute atomic E-state index is 0.00691. The van der Waals surface area contributed by atoms with Crippen molar-refractivity contribution in [1.29, 1.82) is 0 Å². The van der Waals surface area contributed by atoms with Crippen LogP contribution in [0.2, 0.25) is 0 Å². The Morgan fingerprint density at radius 2 is 2.29 bits per heavy atom. The number of carboxylic acid groups (broad SMARTS) is 1. The van der Waals surface area contributed by atoms with E-state index in [1.807, 2.05) is 6.92 Å². The van der Waals surface area contributed by atoms with Gasteiger partial charge in [-0.1, -0.05) is 13.3 Å². The van der Waals surface area contributed by atoms with E-state index in [0.29, 0.717) is 45.2 Å². The third-order valence-corrected chi connectivity index (χ3v) is 4.39. The topological polar surface area (TPSA) is 98.7 Å². The van der Waals surface area contributed by atoms with Crippen molar-refractivity contribution >= 4 is 17.9 Å². The second-order valence-electron chi connectivity index (χ2n) is 5.83. The van der Waals surface area contributed by atoms with Gasteiger partial charge in [0.05, 0.1) is 0 Å². The summed E-state index contributed by atoms with van der Waals surface area (Å²) in [4.78, 5) is 36.7.